The average molecular weight is 316 g/mol. The average Bonchev–Trinajstić information content (AvgIpc) is 2.43. The van der Waals surface area contributed by atoms with Gasteiger partial charge in [-0.25, -0.2) is 17.8 Å². The molecule has 2 N–H and O–H groups in total. The van der Waals surface area contributed by atoms with Crippen LogP contribution in [0, 0.1) is 5.82 Å². The summed E-state index contributed by atoms with van der Waals surface area (Å²) in [5.41, 5.74) is 0.180. The molecule has 0 unspecified atom stereocenters. The Hall–Kier alpha value is -1.86. The van der Waals surface area contributed by atoms with Crippen molar-refractivity contribution in [3.8, 4) is 0 Å². The second-order valence-corrected chi connectivity index (χ2v) is 5.95. The van der Waals surface area contributed by atoms with Crippen LogP contribution in [0.1, 0.15) is 0 Å². The van der Waals surface area contributed by atoms with Crippen molar-refractivity contribution >= 4 is 33.1 Å². The van der Waals surface area contributed by atoms with Crippen molar-refractivity contribution in [3.05, 3.63) is 47.4 Å². The molecule has 0 atom stereocenters. The van der Waals surface area contributed by atoms with Crippen LogP contribution in [-0.4, -0.2) is 20.4 Å². The van der Waals surface area contributed by atoms with Crippen molar-refractivity contribution in [2.45, 2.75) is 4.90 Å². The van der Waals surface area contributed by atoms with E-state index in [1.807, 2.05) is 0 Å². The fourth-order valence-electron chi connectivity index (χ4n) is 1.49. The van der Waals surface area contributed by atoms with Crippen LogP contribution >= 0.6 is 11.6 Å². The fraction of sp³-hybridized carbons (Fsp3) is 0.0833. The van der Waals surface area contributed by atoms with Gasteiger partial charge in [0.1, 0.15) is 11.6 Å². The van der Waals surface area contributed by atoms with Gasteiger partial charge in [-0.05, 0) is 24.3 Å². The van der Waals surface area contributed by atoms with E-state index in [9.17, 15) is 12.8 Å². The van der Waals surface area contributed by atoms with Crippen LogP contribution in [0.3, 0.4) is 0 Å². The molecule has 106 valence electrons. The van der Waals surface area contributed by atoms with E-state index >= 15 is 0 Å². The molecule has 1 aromatic heterocycles. The molecule has 2 rings (SSSR count). The first-order chi connectivity index (χ1) is 9.42. The van der Waals surface area contributed by atoms with Crippen LogP contribution in [-0.2, 0) is 10.0 Å². The minimum absolute atomic E-state index is 0.0392. The van der Waals surface area contributed by atoms with Crippen LogP contribution in [0.15, 0.2) is 41.4 Å². The van der Waals surface area contributed by atoms with Gasteiger partial charge in [0.15, 0.2) is 0 Å². The summed E-state index contributed by atoms with van der Waals surface area (Å²) in [6.07, 6.45) is 1.37. The Kier molecular flexibility index (Phi) is 4.10. The number of rotatable bonds is 4. The lowest BCUT2D eigenvalue weighted by atomic mass is 10.3. The highest BCUT2D eigenvalue weighted by Gasteiger charge is 2.15. The molecule has 5 nitrogen and oxygen atoms in total. The van der Waals surface area contributed by atoms with Gasteiger partial charge in [-0.2, -0.15) is 0 Å². The Morgan fingerprint density at radius 3 is 2.65 bits per heavy atom. The third-order valence-electron chi connectivity index (χ3n) is 2.47. The molecule has 20 heavy (non-hydrogen) atoms. The molecule has 0 amide bonds. The maximum Gasteiger partial charge on any atom is 0.262 e. The predicted molar refractivity (Wildman–Crippen MR) is 76.0 cm³/mol. The number of pyridine rings is 1. The van der Waals surface area contributed by atoms with Crippen molar-refractivity contribution in [1.29, 1.82) is 0 Å². The Bertz CT molecular complexity index is 737. The first kappa shape index (κ1) is 14.5. The van der Waals surface area contributed by atoms with Crippen molar-refractivity contribution in [3.63, 3.8) is 0 Å². The third-order valence-corrected chi connectivity index (χ3v) is 4.14. The van der Waals surface area contributed by atoms with E-state index in [2.05, 4.69) is 15.0 Å². The number of aromatic nitrogens is 1. The summed E-state index contributed by atoms with van der Waals surface area (Å²) in [5, 5.41) is 2.59. The van der Waals surface area contributed by atoms with Gasteiger partial charge >= 0.3 is 0 Å². The number of hydrogen-bond donors (Lipinski definition) is 2. The monoisotopic (exact) mass is 315 g/mol. The number of nitrogens with one attached hydrogen (secondary N) is 2. The van der Waals surface area contributed by atoms with E-state index in [4.69, 9.17) is 11.6 Å². The quantitative estimate of drug-likeness (QED) is 0.910. The molecular weight excluding hydrogens is 305 g/mol. The second-order valence-electron chi connectivity index (χ2n) is 3.86. The van der Waals surface area contributed by atoms with E-state index in [0.29, 0.717) is 5.82 Å². The van der Waals surface area contributed by atoms with E-state index in [0.717, 1.165) is 6.07 Å². The lowest BCUT2D eigenvalue weighted by Crippen LogP contribution is -2.13. The highest BCUT2D eigenvalue weighted by atomic mass is 35.5. The minimum Gasteiger partial charge on any atom is -0.373 e. The number of halogens is 2. The zero-order chi connectivity index (χ0) is 14.8. The standard InChI is InChI=1S/C12H11ClFN3O2S/c1-15-12-7-9(4-5-16-12)20(18,19)17-8-2-3-11(14)10(13)6-8/h2-7,17H,1H3,(H,15,16). The normalized spacial score (nSPS) is 11.2. The SMILES string of the molecule is CNc1cc(S(=O)(=O)Nc2ccc(F)c(Cl)c2)ccn1. The molecule has 0 saturated carbocycles. The topological polar surface area (TPSA) is 71.1 Å². The maximum absolute atomic E-state index is 13.0. The summed E-state index contributed by atoms with van der Waals surface area (Å²) in [4.78, 5) is 3.97. The molecule has 1 heterocycles. The van der Waals surface area contributed by atoms with E-state index in [-0.39, 0.29) is 15.6 Å². The lowest BCUT2D eigenvalue weighted by molar-refractivity contribution is 0.601. The molecule has 0 spiro atoms. The lowest BCUT2D eigenvalue weighted by Gasteiger charge is -2.09. The highest BCUT2D eigenvalue weighted by Crippen LogP contribution is 2.22. The molecule has 0 saturated heterocycles. The van der Waals surface area contributed by atoms with Gasteiger partial charge in [0.2, 0.25) is 0 Å². The van der Waals surface area contributed by atoms with Crippen molar-refractivity contribution in [2.24, 2.45) is 0 Å². The molecule has 8 heteroatoms. The van der Waals surface area contributed by atoms with Gasteiger partial charge in [-0.1, -0.05) is 11.6 Å². The van der Waals surface area contributed by atoms with Crippen LogP contribution in [0.25, 0.3) is 0 Å². The number of sulfonamides is 1. The summed E-state index contributed by atoms with van der Waals surface area (Å²) in [7, 11) is -2.16. The van der Waals surface area contributed by atoms with Crippen LogP contribution in [0.5, 0.6) is 0 Å². The molecule has 0 aliphatic rings. The van der Waals surface area contributed by atoms with Crippen molar-refractivity contribution < 1.29 is 12.8 Å². The largest absolute Gasteiger partial charge is 0.373 e. The molecule has 0 aliphatic heterocycles. The summed E-state index contributed by atoms with van der Waals surface area (Å²) < 4.78 is 39.7. The maximum atomic E-state index is 13.0. The Labute approximate surface area is 120 Å². The number of nitrogens with zero attached hydrogens (tertiary/aromatic N) is 1. The zero-order valence-corrected chi connectivity index (χ0v) is 12.0. The minimum atomic E-state index is -3.79. The van der Waals surface area contributed by atoms with E-state index in [1.165, 1.54) is 30.5 Å². The molecule has 1 aromatic carbocycles. The summed E-state index contributed by atoms with van der Waals surface area (Å²) in [6.45, 7) is 0. The van der Waals surface area contributed by atoms with Gasteiger partial charge in [0, 0.05) is 19.3 Å². The number of anilines is 2. The van der Waals surface area contributed by atoms with Crippen molar-refractivity contribution in [1.82, 2.24) is 4.98 Å². The molecule has 0 bridgehead atoms. The Morgan fingerprint density at radius 2 is 2.00 bits per heavy atom. The number of benzene rings is 1. The predicted octanol–water partition coefficient (Wildman–Crippen LogP) is 2.72. The Balaban J connectivity index is 2.32. The highest BCUT2D eigenvalue weighted by molar-refractivity contribution is 7.92. The Morgan fingerprint density at radius 1 is 1.25 bits per heavy atom. The van der Waals surface area contributed by atoms with E-state index in [1.54, 1.807) is 7.05 Å². The smallest absolute Gasteiger partial charge is 0.262 e. The van der Waals surface area contributed by atoms with Gasteiger partial charge in [0.05, 0.1) is 15.6 Å². The second kappa shape index (κ2) is 5.64. The first-order valence-corrected chi connectivity index (χ1v) is 7.40. The summed E-state index contributed by atoms with van der Waals surface area (Å²) in [6, 6.07) is 6.32. The van der Waals surface area contributed by atoms with Gasteiger partial charge in [-0.3, -0.25) is 4.72 Å². The molecule has 0 radical (unpaired) electrons. The van der Waals surface area contributed by atoms with Crippen LogP contribution in [0.2, 0.25) is 5.02 Å². The van der Waals surface area contributed by atoms with Crippen molar-refractivity contribution in [2.75, 3.05) is 17.1 Å². The number of hydrogen-bond acceptors (Lipinski definition) is 4. The van der Waals surface area contributed by atoms with E-state index < -0.39 is 15.8 Å². The first-order valence-electron chi connectivity index (χ1n) is 5.54. The summed E-state index contributed by atoms with van der Waals surface area (Å²) in [5.74, 6) is -0.194. The van der Waals surface area contributed by atoms with Gasteiger partial charge < -0.3 is 5.32 Å². The van der Waals surface area contributed by atoms with Gasteiger partial charge in [-0.15, -0.1) is 0 Å². The molecule has 0 aliphatic carbocycles. The van der Waals surface area contributed by atoms with Crippen LogP contribution < -0.4 is 10.0 Å². The molecular formula is C12H11ClFN3O2S. The molecule has 0 fully saturated rings. The van der Waals surface area contributed by atoms with Gasteiger partial charge in [0.25, 0.3) is 10.0 Å². The molecule has 2 aromatic rings. The fourth-order valence-corrected chi connectivity index (χ4v) is 2.73. The van der Waals surface area contributed by atoms with Crippen LogP contribution in [0.4, 0.5) is 15.9 Å². The summed E-state index contributed by atoms with van der Waals surface area (Å²) >= 11 is 5.61. The zero-order valence-electron chi connectivity index (χ0n) is 10.4. The third kappa shape index (κ3) is 3.17.